The van der Waals surface area contributed by atoms with Crippen LogP contribution in [0.15, 0.2) is 72.8 Å². The Hall–Kier alpha value is -1.59. The molecule has 23 heavy (non-hydrogen) atoms. The van der Waals surface area contributed by atoms with Gasteiger partial charge in [-0.25, -0.2) is 0 Å². The normalized spacial score (nSPS) is 9.78. The first-order valence-corrected chi connectivity index (χ1v) is 6.96. The molecule has 4 aromatic rings. The maximum atomic E-state index is 2.28. The Labute approximate surface area is 158 Å². The molecule has 0 saturated carbocycles. The molecular formula is C22H21Zr. The van der Waals surface area contributed by atoms with E-state index < -0.39 is 0 Å². The third kappa shape index (κ3) is 3.51. The van der Waals surface area contributed by atoms with Gasteiger partial charge in [-0.15, -0.1) is 34.5 Å². The van der Waals surface area contributed by atoms with Crippen LogP contribution in [0.25, 0.3) is 32.7 Å². The number of aryl methyl sites for hydroxylation is 1. The van der Waals surface area contributed by atoms with Crippen molar-refractivity contribution >= 4 is 21.5 Å². The standard InChI is InChI=1S/C20H15.2CH3.Zr/c1-14-11-17-7-4-8-19(20(17)12-14)18-10-9-15-5-2-3-6-16(15)13-18;;;/h2-13H,1H3;2*1H3;/q3*-1;+3. The summed E-state index contributed by atoms with van der Waals surface area (Å²) in [5.74, 6) is 0. The van der Waals surface area contributed by atoms with Gasteiger partial charge in [-0.2, -0.15) is 6.07 Å². The molecule has 0 unspecified atom stereocenters. The minimum Gasteiger partial charge on any atom is -0.358 e. The quantitative estimate of drug-likeness (QED) is 0.329. The molecule has 0 N–H and O–H groups in total. The van der Waals surface area contributed by atoms with Gasteiger partial charge in [0.15, 0.2) is 0 Å². The fraction of sp³-hybridized carbons (Fsp3) is 0.0455. The van der Waals surface area contributed by atoms with E-state index in [1.807, 2.05) is 0 Å². The van der Waals surface area contributed by atoms with E-state index in [0.717, 1.165) is 0 Å². The Morgan fingerprint density at radius 3 is 2.26 bits per heavy atom. The summed E-state index contributed by atoms with van der Waals surface area (Å²) in [5.41, 5.74) is 3.94. The third-order valence-electron chi connectivity index (χ3n) is 3.96. The van der Waals surface area contributed by atoms with E-state index in [4.69, 9.17) is 0 Å². The molecule has 0 heterocycles. The molecule has 0 aliphatic rings. The van der Waals surface area contributed by atoms with Crippen molar-refractivity contribution in [1.29, 1.82) is 0 Å². The molecule has 0 bridgehead atoms. The predicted molar refractivity (Wildman–Crippen MR) is 100 cm³/mol. The third-order valence-corrected chi connectivity index (χ3v) is 3.96. The summed E-state index contributed by atoms with van der Waals surface area (Å²) >= 11 is 0. The maximum Gasteiger partial charge on any atom is 3.00 e. The number of benzene rings is 3. The van der Waals surface area contributed by atoms with Crippen LogP contribution in [0, 0.1) is 21.8 Å². The van der Waals surface area contributed by atoms with Gasteiger partial charge in [-0.05, 0) is 22.4 Å². The fourth-order valence-electron chi connectivity index (χ4n) is 2.99. The molecule has 0 atom stereocenters. The first kappa shape index (κ1) is 19.5. The van der Waals surface area contributed by atoms with Crippen LogP contribution in [-0.2, 0) is 26.2 Å². The second-order valence-corrected chi connectivity index (χ2v) is 5.40. The van der Waals surface area contributed by atoms with Crippen LogP contribution in [0.5, 0.6) is 0 Å². The van der Waals surface area contributed by atoms with Crippen molar-refractivity contribution in [3.05, 3.63) is 93.2 Å². The molecule has 1 radical (unpaired) electrons. The van der Waals surface area contributed by atoms with Gasteiger partial charge >= 0.3 is 26.2 Å². The molecule has 0 aromatic heterocycles. The Morgan fingerprint density at radius 1 is 0.739 bits per heavy atom. The summed E-state index contributed by atoms with van der Waals surface area (Å²) < 4.78 is 0. The van der Waals surface area contributed by atoms with Crippen molar-refractivity contribution in [2.45, 2.75) is 6.92 Å². The minimum absolute atomic E-state index is 0. The maximum absolute atomic E-state index is 2.28. The van der Waals surface area contributed by atoms with Gasteiger partial charge in [0.25, 0.3) is 0 Å². The van der Waals surface area contributed by atoms with E-state index >= 15 is 0 Å². The molecule has 0 saturated heterocycles. The van der Waals surface area contributed by atoms with Gasteiger partial charge in [0.05, 0.1) is 0 Å². The van der Waals surface area contributed by atoms with E-state index in [9.17, 15) is 0 Å². The Bertz CT molecular complexity index is 915. The molecule has 113 valence electrons. The molecule has 0 aliphatic heterocycles. The van der Waals surface area contributed by atoms with Crippen LogP contribution in [-0.4, -0.2) is 0 Å². The summed E-state index contributed by atoms with van der Waals surface area (Å²) in [6.45, 7) is 2.16. The van der Waals surface area contributed by atoms with Crippen molar-refractivity contribution in [2.75, 3.05) is 0 Å². The molecule has 0 spiro atoms. The number of hydrogen-bond acceptors (Lipinski definition) is 0. The first-order chi connectivity index (χ1) is 9.81. The van der Waals surface area contributed by atoms with Crippen molar-refractivity contribution in [2.24, 2.45) is 0 Å². The van der Waals surface area contributed by atoms with Crippen LogP contribution in [0.1, 0.15) is 5.56 Å². The van der Waals surface area contributed by atoms with E-state index in [-0.39, 0.29) is 41.1 Å². The van der Waals surface area contributed by atoms with Crippen LogP contribution in [0.2, 0.25) is 0 Å². The van der Waals surface area contributed by atoms with Gasteiger partial charge in [-0.1, -0.05) is 55.0 Å². The molecular weight excluding hydrogens is 355 g/mol. The summed E-state index contributed by atoms with van der Waals surface area (Å²) in [4.78, 5) is 0. The summed E-state index contributed by atoms with van der Waals surface area (Å²) in [6.07, 6.45) is 0. The second kappa shape index (κ2) is 7.80. The van der Waals surface area contributed by atoms with Crippen LogP contribution >= 0.6 is 0 Å². The SMILES string of the molecule is Cc1cc2c(-c3ccc4ccccc4c3)cccc2[cH-]1.[CH3-].[CH3-].[Zr+3]. The van der Waals surface area contributed by atoms with Gasteiger partial charge in [0, 0.05) is 0 Å². The van der Waals surface area contributed by atoms with Gasteiger partial charge in [0.1, 0.15) is 0 Å². The van der Waals surface area contributed by atoms with Crippen molar-refractivity contribution < 1.29 is 26.2 Å². The zero-order chi connectivity index (χ0) is 13.5. The molecule has 0 amide bonds. The second-order valence-electron chi connectivity index (χ2n) is 5.40. The molecule has 0 nitrogen and oxygen atoms in total. The predicted octanol–water partition coefficient (Wildman–Crippen LogP) is 6.59. The average molecular weight is 377 g/mol. The molecule has 4 aromatic carbocycles. The monoisotopic (exact) mass is 375 g/mol. The largest absolute Gasteiger partial charge is 3.00 e. The Kier molecular flexibility index (Phi) is 6.60. The van der Waals surface area contributed by atoms with E-state index in [0.29, 0.717) is 0 Å². The zero-order valence-corrected chi connectivity index (χ0v) is 16.4. The zero-order valence-electron chi connectivity index (χ0n) is 13.9. The van der Waals surface area contributed by atoms with Gasteiger partial charge in [-0.3, -0.25) is 0 Å². The van der Waals surface area contributed by atoms with Crippen molar-refractivity contribution in [1.82, 2.24) is 0 Å². The van der Waals surface area contributed by atoms with E-state index in [1.165, 1.54) is 38.2 Å². The van der Waals surface area contributed by atoms with Crippen LogP contribution in [0.3, 0.4) is 0 Å². The molecule has 1 heteroatoms. The van der Waals surface area contributed by atoms with Gasteiger partial charge in [0.2, 0.25) is 0 Å². The minimum atomic E-state index is 0. The summed E-state index contributed by atoms with van der Waals surface area (Å²) in [6, 6.07) is 26.3. The number of rotatable bonds is 1. The summed E-state index contributed by atoms with van der Waals surface area (Å²) in [7, 11) is 0. The van der Waals surface area contributed by atoms with Crippen molar-refractivity contribution in [3.8, 4) is 11.1 Å². The molecule has 0 aliphatic carbocycles. The fourth-order valence-corrected chi connectivity index (χ4v) is 2.99. The number of hydrogen-bond donors (Lipinski definition) is 0. The van der Waals surface area contributed by atoms with Crippen LogP contribution < -0.4 is 0 Å². The van der Waals surface area contributed by atoms with E-state index in [1.54, 1.807) is 0 Å². The first-order valence-electron chi connectivity index (χ1n) is 6.96. The molecule has 4 rings (SSSR count). The smallest absolute Gasteiger partial charge is 0.358 e. The van der Waals surface area contributed by atoms with Gasteiger partial charge < -0.3 is 14.9 Å². The number of fused-ring (bicyclic) bond motifs is 2. The molecule has 0 fully saturated rings. The average Bonchev–Trinajstić information content (AvgIpc) is 2.86. The van der Waals surface area contributed by atoms with Crippen molar-refractivity contribution in [3.63, 3.8) is 0 Å². The topological polar surface area (TPSA) is 0 Å². The van der Waals surface area contributed by atoms with Crippen LogP contribution in [0.4, 0.5) is 0 Å². The summed E-state index contributed by atoms with van der Waals surface area (Å²) in [5, 5.41) is 5.26. The van der Waals surface area contributed by atoms with E-state index in [2.05, 4.69) is 79.7 Å². The Morgan fingerprint density at radius 2 is 1.48 bits per heavy atom. The Balaban J connectivity index is 0.000000882.